The number of carbonyl (C=O) groups excluding carboxylic acids is 1. The van der Waals surface area contributed by atoms with E-state index in [0.29, 0.717) is 6.42 Å². The first-order valence-corrected chi connectivity index (χ1v) is 6.23. The molecular weight excluding hydrogens is 188 g/mol. The molecule has 2 saturated carbocycles. The van der Waals surface area contributed by atoms with Gasteiger partial charge in [0.1, 0.15) is 0 Å². The lowest BCUT2D eigenvalue weighted by Gasteiger charge is -2.22. The van der Waals surface area contributed by atoms with Crippen LogP contribution in [0.5, 0.6) is 0 Å². The van der Waals surface area contributed by atoms with Gasteiger partial charge in [0.15, 0.2) is 0 Å². The van der Waals surface area contributed by atoms with Crippen molar-refractivity contribution < 1.29 is 4.79 Å². The molecule has 0 heterocycles. The molecule has 2 aliphatic rings. The largest absolute Gasteiger partial charge is 0.359 e. The summed E-state index contributed by atoms with van der Waals surface area (Å²) >= 11 is 0. The molecule has 3 atom stereocenters. The lowest BCUT2D eigenvalue weighted by atomic mass is 9.95. The van der Waals surface area contributed by atoms with E-state index in [2.05, 4.69) is 10.6 Å². The van der Waals surface area contributed by atoms with Crippen LogP contribution >= 0.6 is 0 Å². The summed E-state index contributed by atoms with van der Waals surface area (Å²) in [6.07, 6.45) is 7.34. The molecule has 2 N–H and O–H groups in total. The molecule has 2 fully saturated rings. The predicted molar refractivity (Wildman–Crippen MR) is 60.5 cm³/mol. The minimum atomic E-state index is 0.157. The van der Waals surface area contributed by atoms with E-state index in [1.165, 1.54) is 25.7 Å². The fourth-order valence-corrected chi connectivity index (χ4v) is 3.16. The molecule has 2 rings (SSSR count). The molecule has 3 nitrogen and oxygen atoms in total. The Bertz CT molecular complexity index is 230. The smallest absolute Gasteiger partial charge is 0.219 e. The van der Waals surface area contributed by atoms with Crippen molar-refractivity contribution >= 4 is 5.91 Å². The minimum absolute atomic E-state index is 0.157. The third-order valence-electron chi connectivity index (χ3n) is 4.00. The van der Waals surface area contributed by atoms with Crippen molar-refractivity contribution in [1.29, 1.82) is 0 Å². The van der Waals surface area contributed by atoms with Crippen LogP contribution in [0.2, 0.25) is 0 Å². The second kappa shape index (κ2) is 4.97. The Morgan fingerprint density at radius 1 is 1.33 bits per heavy atom. The number of fused-ring (bicyclic) bond motifs is 2. The van der Waals surface area contributed by atoms with Crippen molar-refractivity contribution in [3.05, 3.63) is 0 Å². The summed E-state index contributed by atoms with van der Waals surface area (Å²) in [5.41, 5.74) is 0. The summed E-state index contributed by atoms with van der Waals surface area (Å²) < 4.78 is 0. The van der Waals surface area contributed by atoms with Crippen LogP contribution in [0.25, 0.3) is 0 Å². The van der Waals surface area contributed by atoms with Crippen molar-refractivity contribution in [3.8, 4) is 0 Å². The summed E-state index contributed by atoms with van der Waals surface area (Å²) in [6.45, 7) is 1.00. The second-order valence-electron chi connectivity index (χ2n) is 5.01. The second-order valence-corrected chi connectivity index (χ2v) is 5.01. The average molecular weight is 210 g/mol. The molecular formula is C12H22N2O. The number of carbonyl (C=O) groups is 1. The summed E-state index contributed by atoms with van der Waals surface area (Å²) in [7, 11) is 1.70. The molecule has 0 aliphatic heterocycles. The SMILES string of the molecule is CNC(=O)CCCNC1CC2CCC1C2. The van der Waals surface area contributed by atoms with Gasteiger partial charge in [0.05, 0.1) is 0 Å². The van der Waals surface area contributed by atoms with Gasteiger partial charge in [0.25, 0.3) is 0 Å². The number of rotatable bonds is 5. The van der Waals surface area contributed by atoms with Gasteiger partial charge < -0.3 is 10.6 Å². The average Bonchev–Trinajstić information content (AvgIpc) is 2.85. The molecule has 3 unspecified atom stereocenters. The van der Waals surface area contributed by atoms with E-state index in [4.69, 9.17) is 0 Å². The van der Waals surface area contributed by atoms with E-state index in [9.17, 15) is 4.79 Å². The van der Waals surface area contributed by atoms with Crippen molar-refractivity contribution in [1.82, 2.24) is 10.6 Å². The Kier molecular flexibility index (Phi) is 3.62. The number of nitrogens with one attached hydrogen (secondary N) is 2. The fourth-order valence-electron chi connectivity index (χ4n) is 3.16. The Hall–Kier alpha value is -0.570. The Morgan fingerprint density at radius 3 is 2.80 bits per heavy atom. The number of hydrogen-bond donors (Lipinski definition) is 2. The Morgan fingerprint density at radius 2 is 2.20 bits per heavy atom. The van der Waals surface area contributed by atoms with Crippen LogP contribution in [0.3, 0.4) is 0 Å². The first-order valence-electron chi connectivity index (χ1n) is 6.23. The van der Waals surface area contributed by atoms with E-state index in [0.717, 1.165) is 30.8 Å². The van der Waals surface area contributed by atoms with Crippen LogP contribution in [0.1, 0.15) is 38.5 Å². The summed E-state index contributed by atoms with van der Waals surface area (Å²) in [5, 5.41) is 6.27. The highest BCUT2D eigenvalue weighted by molar-refractivity contribution is 5.75. The normalized spacial score (nSPS) is 33.3. The fraction of sp³-hybridized carbons (Fsp3) is 0.917. The molecule has 2 bridgehead atoms. The summed E-state index contributed by atoms with van der Waals surface area (Å²) in [5.74, 6) is 2.10. The highest BCUT2D eigenvalue weighted by Crippen LogP contribution is 2.44. The zero-order valence-corrected chi connectivity index (χ0v) is 9.59. The third-order valence-corrected chi connectivity index (χ3v) is 4.00. The van der Waals surface area contributed by atoms with Crippen LogP contribution in [0.4, 0.5) is 0 Å². The maximum Gasteiger partial charge on any atom is 0.219 e. The van der Waals surface area contributed by atoms with E-state index in [1.807, 2.05) is 0 Å². The van der Waals surface area contributed by atoms with E-state index in [1.54, 1.807) is 7.05 Å². The van der Waals surface area contributed by atoms with Crippen LogP contribution in [-0.2, 0) is 4.79 Å². The highest BCUT2D eigenvalue weighted by Gasteiger charge is 2.38. The molecule has 1 amide bonds. The molecule has 0 aromatic rings. The Labute approximate surface area is 92.0 Å². The standard InChI is InChI=1S/C12H22N2O/c1-13-12(15)3-2-6-14-11-8-9-4-5-10(11)7-9/h9-11,14H,2-8H2,1H3,(H,13,15). The van der Waals surface area contributed by atoms with E-state index < -0.39 is 0 Å². The van der Waals surface area contributed by atoms with Crippen LogP contribution in [0, 0.1) is 11.8 Å². The van der Waals surface area contributed by atoms with Gasteiger partial charge in [-0.05, 0) is 44.1 Å². The van der Waals surface area contributed by atoms with Gasteiger partial charge in [-0.2, -0.15) is 0 Å². The highest BCUT2D eigenvalue weighted by atomic mass is 16.1. The third kappa shape index (κ3) is 2.71. The molecule has 0 aromatic carbocycles. The molecule has 0 radical (unpaired) electrons. The molecule has 0 saturated heterocycles. The first kappa shape index (κ1) is 10.9. The molecule has 0 aromatic heterocycles. The maximum atomic E-state index is 11.0. The van der Waals surface area contributed by atoms with Gasteiger partial charge >= 0.3 is 0 Å². The summed E-state index contributed by atoms with van der Waals surface area (Å²) in [6, 6.07) is 0.758. The first-order chi connectivity index (χ1) is 7.29. The molecule has 2 aliphatic carbocycles. The van der Waals surface area contributed by atoms with Crippen molar-refractivity contribution in [2.24, 2.45) is 11.8 Å². The zero-order valence-electron chi connectivity index (χ0n) is 9.59. The van der Waals surface area contributed by atoms with Gasteiger partial charge in [-0.15, -0.1) is 0 Å². The number of amides is 1. The van der Waals surface area contributed by atoms with Crippen LogP contribution < -0.4 is 10.6 Å². The molecule has 0 spiro atoms. The van der Waals surface area contributed by atoms with Gasteiger partial charge in [0, 0.05) is 19.5 Å². The lowest BCUT2D eigenvalue weighted by Crippen LogP contribution is -2.34. The Balaban J connectivity index is 1.57. The molecule has 3 heteroatoms. The van der Waals surface area contributed by atoms with Crippen LogP contribution in [-0.4, -0.2) is 25.5 Å². The van der Waals surface area contributed by atoms with Gasteiger partial charge in [0.2, 0.25) is 5.91 Å². The summed E-state index contributed by atoms with van der Waals surface area (Å²) in [4.78, 5) is 11.0. The zero-order chi connectivity index (χ0) is 10.7. The van der Waals surface area contributed by atoms with Crippen molar-refractivity contribution in [2.75, 3.05) is 13.6 Å². The van der Waals surface area contributed by atoms with Gasteiger partial charge in [-0.3, -0.25) is 4.79 Å². The van der Waals surface area contributed by atoms with Gasteiger partial charge in [-0.25, -0.2) is 0 Å². The van der Waals surface area contributed by atoms with E-state index in [-0.39, 0.29) is 5.91 Å². The lowest BCUT2D eigenvalue weighted by molar-refractivity contribution is -0.120. The topological polar surface area (TPSA) is 41.1 Å². The molecule has 15 heavy (non-hydrogen) atoms. The number of hydrogen-bond acceptors (Lipinski definition) is 2. The van der Waals surface area contributed by atoms with Gasteiger partial charge in [-0.1, -0.05) is 6.42 Å². The van der Waals surface area contributed by atoms with Crippen molar-refractivity contribution in [2.45, 2.75) is 44.6 Å². The van der Waals surface area contributed by atoms with Crippen molar-refractivity contribution in [3.63, 3.8) is 0 Å². The van der Waals surface area contributed by atoms with E-state index >= 15 is 0 Å². The quantitative estimate of drug-likeness (QED) is 0.671. The molecule has 86 valence electrons. The monoisotopic (exact) mass is 210 g/mol. The predicted octanol–water partition coefficient (Wildman–Crippen LogP) is 1.29. The minimum Gasteiger partial charge on any atom is -0.359 e. The maximum absolute atomic E-state index is 11.0. The van der Waals surface area contributed by atoms with Crippen LogP contribution in [0.15, 0.2) is 0 Å².